The number of unbranched alkanes of at least 4 members (excludes halogenated alkanes) is 11. The van der Waals surface area contributed by atoms with Crippen LogP contribution < -0.4 is 9.05 Å². The lowest BCUT2D eigenvalue weighted by Gasteiger charge is -2.27. The summed E-state index contributed by atoms with van der Waals surface area (Å²) in [6.07, 6.45) is 14.3. The molecular weight excluding hydrogens is 1130 g/mol. The van der Waals surface area contributed by atoms with E-state index in [0.29, 0.717) is 6.61 Å². The van der Waals surface area contributed by atoms with Crippen molar-refractivity contribution in [1.82, 2.24) is 0 Å². The maximum Gasteiger partial charge on any atom is 0.387 e. The van der Waals surface area contributed by atoms with Gasteiger partial charge in [-0.15, -0.1) is 0 Å². The molecule has 7 rings (SSSR count). The number of hydrogen-bond acceptors (Lipinski definition) is 8. The van der Waals surface area contributed by atoms with Crippen molar-refractivity contribution in [2.45, 2.75) is 344 Å². The van der Waals surface area contributed by atoms with E-state index >= 15 is 0 Å². The molecule has 10 heteroatoms. The summed E-state index contributed by atoms with van der Waals surface area (Å²) in [5, 5.41) is 4.10. The highest BCUT2D eigenvalue weighted by molar-refractivity contribution is 7.32. The van der Waals surface area contributed by atoms with Crippen molar-refractivity contribution in [1.29, 1.82) is 0 Å². The molecule has 6 aromatic rings. The summed E-state index contributed by atoms with van der Waals surface area (Å²) in [6, 6.07) is 18.8. The van der Waals surface area contributed by atoms with E-state index in [1.807, 2.05) is 0 Å². The smallest absolute Gasteiger partial charge is 0.387 e. The molecule has 5 atom stereocenters. The van der Waals surface area contributed by atoms with Crippen LogP contribution in [-0.2, 0) is 52.8 Å². The molecule has 0 saturated carbocycles. The number of ether oxygens (including phenoxy) is 2. The quantitative estimate of drug-likeness (QED) is 0.0699. The lowest BCUT2D eigenvalue weighted by atomic mass is 9.77. The Bertz CT molecular complexity index is 3220. The van der Waals surface area contributed by atoms with Crippen molar-refractivity contribution in [2.75, 3.05) is 6.61 Å². The van der Waals surface area contributed by atoms with Crippen molar-refractivity contribution < 1.29 is 35.3 Å². The number of rotatable bonds is 20. The fourth-order valence-corrected chi connectivity index (χ4v) is 14.8. The third-order valence-corrected chi connectivity index (χ3v) is 20.5. The topological polar surface area (TPSA) is 89.5 Å². The van der Waals surface area contributed by atoms with Crippen molar-refractivity contribution >= 4 is 60.4 Å². The summed E-state index contributed by atoms with van der Waals surface area (Å²) >= 11 is 0. The van der Waals surface area contributed by atoms with Crippen molar-refractivity contribution in [3.05, 3.63) is 93.0 Å². The molecule has 3 heterocycles. The van der Waals surface area contributed by atoms with Crippen molar-refractivity contribution in [3.63, 3.8) is 0 Å². The van der Waals surface area contributed by atoms with Gasteiger partial charge in [0.15, 0.2) is 0 Å². The minimum Gasteiger partial charge on any atom is -0.399 e. The van der Waals surface area contributed by atoms with E-state index in [-0.39, 0.29) is 49.4 Å². The first-order chi connectivity index (χ1) is 40.5. The van der Waals surface area contributed by atoms with Crippen LogP contribution >= 0.6 is 16.5 Å². The Kier molecular flexibility index (Phi) is 22.6. The van der Waals surface area contributed by atoms with Crippen LogP contribution in [0.5, 0.6) is 0 Å². The predicted molar refractivity (Wildman–Crippen MR) is 378 cm³/mol. The van der Waals surface area contributed by atoms with Gasteiger partial charge in [-0.25, -0.2) is 0 Å². The third kappa shape index (κ3) is 17.8. The van der Waals surface area contributed by atoms with Gasteiger partial charge in [0.2, 0.25) is 0 Å². The Balaban J connectivity index is 1.40. The Morgan fingerprint density at radius 1 is 0.398 bits per heavy atom. The molecule has 1 aliphatic heterocycles. The summed E-state index contributed by atoms with van der Waals surface area (Å²) in [6.45, 7) is 61.7. The molecule has 0 spiro atoms. The van der Waals surface area contributed by atoms with Gasteiger partial charge in [-0.3, -0.25) is 9.05 Å². The second kappa shape index (κ2) is 27.6. The zero-order valence-corrected chi connectivity index (χ0v) is 62.4. The summed E-state index contributed by atoms with van der Waals surface area (Å²) in [5.74, 6) is 0. The van der Waals surface area contributed by atoms with E-state index in [4.69, 9.17) is 35.3 Å². The van der Waals surface area contributed by atoms with E-state index in [2.05, 4.69) is 235 Å². The average Bonchev–Trinajstić information content (AvgIpc) is 1.46. The zero-order valence-electron chi connectivity index (χ0n) is 60.6. The van der Waals surface area contributed by atoms with E-state index in [0.717, 1.165) is 79.0 Å². The van der Waals surface area contributed by atoms with Gasteiger partial charge in [0.25, 0.3) is 0 Å². The zero-order chi connectivity index (χ0) is 65.5. The van der Waals surface area contributed by atoms with Gasteiger partial charge >= 0.3 is 16.5 Å². The average molecular weight is 1250 g/mol. The monoisotopic (exact) mass is 1250 g/mol. The number of hydrogen-bond donors (Lipinski definition) is 0. The number of benzene rings is 4. The molecule has 0 amide bonds. The Hall–Kier alpha value is -3.48. The van der Waals surface area contributed by atoms with E-state index < -0.39 is 40.9 Å². The molecule has 1 unspecified atom stereocenters. The molecule has 492 valence electrons. The Morgan fingerprint density at radius 2 is 0.693 bits per heavy atom. The highest BCUT2D eigenvalue weighted by Crippen LogP contribution is 2.49. The molecule has 2 aromatic heterocycles. The van der Waals surface area contributed by atoms with Gasteiger partial charge in [0, 0.05) is 43.8 Å². The first-order valence-electron chi connectivity index (χ1n) is 34.2. The van der Waals surface area contributed by atoms with Gasteiger partial charge in [0.1, 0.15) is 40.6 Å². The van der Waals surface area contributed by atoms with Gasteiger partial charge < -0.3 is 26.3 Å². The first kappa shape index (κ1) is 72.0. The van der Waals surface area contributed by atoms with Crippen LogP contribution in [0.1, 0.15) is 315 Å². The van der Waals surface area contributed by atoms with Crippen LogP contribution in [0.2, 0.25) is 0 Å². The van der Waals surface area contributed by atoms with Gasteiger partial charge in [-0.2, -0.15) is 0 Å². The van der Waals surface area contributed by atoms with Crippen LogP contribution in [0.4, 0.5) is 0 Å². The maximum atomic E-state index is 7.60. The fraction of sp³-hybridized carbons (Fsp3) is 0.692. The van der Waals surface area contributed by atoms with Crippen LogP contribution in [0.15, 0.2) is 65.3 Å². The van der Waals surface area contributed by atoms with Crippen LogP contribution in [-0.4, -0.2) is 37.1 Å². The molecule has 88 heavy (non-hydrogen) atoms. The predicted octanol–water partition coefficient (Wildman–Crippen LogP) is 24.9. The molecule has 1 fully saturated rings. The molecule has 0 N–H and O–H groups in total. The second-order valence-corrected chi connectivity index (χ2v) is 36.8. The minimum atomic E-state index is -2.14. The Labute approximate surface area is 536 Å². The summed E-state index contributed by atoms with van der Waals surface area (Å²) in [7, 11) is -4.23. The fourth-order valence-electron chi connectivity index (χ4n) is 12.3. The standard InChI is InChI=1S/C78H122O8P2/c1-28-29-30-31-32-33-34-35-36-37-38-39-40-50(2)80-64-49-79-65(51(3)81-87-82-66-56(41-52(71(4,5)6)45-60(66)75(16,17)18)57-42-53(72(7,8)9)46-61(67(57)83-87)76(19,20)21)70(64)86-88-84-68-58(43-54(73(10,11)12)47-62(68)77(22,23)24)59-44-55(74(13,14)15)48-63(69(59)85-88)78(25,26)27/h41-48,50-51,64-65,70H,28-40,49H2,1-27H3/t50?,51-,64+,65-,70-/m1/s1. The molecule has 0 aliphatic carbocycles. The van der Waals surface area contributed by atoms with Crippen LogP contribution in [0.3, 0.4) is 0 Å². The SMILES string of the molecule is CCCCCCCCCCCCCCC(C)O[C@H]1CO[C@H]([C@@H](C)Op2oc3c(C(C)(C)C)cc(C(C)(C)C)cc3c3cc(C(C)(C)C)cc(C(C)(C)C)c3o2)[C@@H]1Op1oc2c(C(C)(C)C)cc(C(C)(C)C)cc2c2cc(C(C)(C)C)cc(C(C)(C)C)c2o1. The van der Waals surface area contributed by atoms with E-state index in [1.54, 1.807) is 0 Å². The minimum absolute atomic E-state index is 0.0388. The van der Waals surface area contributed by atoms with E-state index in [9.17, 15) is 0 Å². The largest absolute Gasteiger partial charge is 0.399 e. The first-order valence-corrected chi connectivity index (χ1v) is 36.4. The molecule has 0 bridgehead atoms. The lowest BCUT2D eigenvalue weighted by molar-refractivity contribution is -0.0418. The van der Waals surface area contributed by atoms with E-state index in [1.165, 1.54) is 92.9 Å². The van der Waals surface area contributed by atoms with Crippen molar-refractivity contribution in [3.8, 4) is 0 Å². The van der Waals surface area contributed by atoms with Crippen LogP contribution in [0, 0.1) is 0 Å². The Morgan fingerprint density at radius 3 is 0.989 bits per heavy atom. The summed E-state index contributed by atoms with van der Waals surface area (Å²) in [5.41, 5.74) is 10.9. The molecular formula is C78H122O8P2. The maximum absolute atomic E-state index is 7.60. The van der Waals surface area contributed by atoms with Gasteiger partial charge in [-0.05, 0) is 110 Å². The molecule has 1 aliphatic rings. The molecule has 1 saturated heterocycles. The highest BCUT2D eigenvalue weighted by atomic mass is 31.1. The molecule has 4 aromatic carbocycles. The lowest BCUT2D eigenvalue weighted by Crippen LogP contribution is -2.44. The highest BCUT2D eigenvalue weighted by Gasteiger charge is 2.46. The van der Waals surface area contributed by atoms with Gasteiger partial charge in [0.05, 0.1) is 18.8 Å². The van der Waals surface area contributed by atoms with Crippen LogP contribution in [0.25, 0.3) is 43.9 Å². The number of fused-ring (bicyclic) bond motifs is 6. The molecule has 8 nitrogen and oxygen atoms in total. The molecule has 0 radical (unpaired) electrons. The van der Waals surface area contributed by atoms with Gasteiger partial charge in [-0.1, -0.05) is 274 Å². The summed E-state index contributed by atoms with van der Waals surface area (Å²) in [4.78, 5) is 0. The second-order valence-electron chi connectivity index (χ2n) is 34.8. The third-order valence-electron chi connectivity index (χ3n) is 18.2. The normalized spacial score (nSPS) is 17.7. The summed E-state index contributed by atoms with van der Waals surface area (Å²) < 4.78 is 58.9. The van der Waals surface area contributed by atoms with Crippen molar-refractivity contribution in [2.24, 2.45) is 0 Å².